The van der Waals surface area contributed by atoms with Gasteiger partial charge in [-0.05, 0) is 25.3 Å². The van der Waals surface area contributed by atoms with Gasteiger partial charge in [0, 0.05) is 32.5 Å². The fourth-order valence-corrected chi connectivity index (χ4v) is 4.49. The molecule has 6 atom stereocenters. The first-order chi connectivity index (χ1) is 17.3. The quantitative estimate of drug-likeness (QED) is 0.464. The van der Waals surface area contributed by atoms with Crippen molar-refractivity contribution in [1.29, 1.82) is 0 Å². The number of amides is 1. The van der Waals surface area contributed by atoms with Crippen LogP contribution in [0.3, 0.4) is 0 Å². The number of ketones is 2. The van der Waals surface area contributed by atoms with Crippen LogP contribution in [0, 0.1) is 17.8 Å². The average Bonchev–Trinajstić information content (AvgIpc) is 3.27. The van der Waals surface area contributed by atoms with Gasteiger partial charge in [-0.3, -0.25) is 14.4 Å². The molecule has 1 aromatic rings. The predicted molar refractivity (Wildman–Crippen MR) is 134 cm³/mol. The highest BCUT2D eigenvalue weighted by atomic mass is 16.6. The maximum absolute atomic E-state index is 13.6. The summed E-state index contributed by atoms with van der Waals surface area (Å²) in [5.41, 5.74) is 1.07. The van der Waals surface area contributed by atoms with Crippen molar-refractivity contribution in [2.24, 2.45) is 17.8 Å². The molecule has 2 fully saturated rings. The fourth-order valence-electron chi connectivity index (χ4n) is 4.49. The summed E-state index contributed by atoms with van der Waals surface area (Å²) in [7, 11) is 1.55. The van der Waals surface area contributed by atoms with Crippen LogP contribution in [0.5, 0.6) is 0 Å². The Hall–Kier alpha value is -2.78. The van der Waals surface area contributed by atoms with Crippen LogP contribution in [0.25, 0.3) is 0 Å². The van der Waals surface area contributed by atoms with E-state index in [4.69, 9.17) is 14.2 Å². The first kappa shape index (κ1) is 29.5. The van der Waals surface area contributed by atoms with Crippen LogP contribution >= 0.6 is 0 Å². The van der Waals surface area contributed by atoms with Crippen molar-refractivity contribution in [3.8, 4) is 0 Å². The summed E-state index contributed by atoms with van der Waals surface area (Å²) >= 11 is 0. The minimum atomic E-state index is -0.925. The molecule has 0 bridgehead atoms. The van der Waals surface area contributed by atoms with Gasteiger partial charge in [-0.25, -0.2) is 4.79 Å². The molecule has 2 aliphatic rings. The van der Waals surface area contributed by atoms with Gasteiger partial charge >= 0.3 is 12.1 Å². The zero-order valence-electron chi connectivity index (χ0n) is 22.0. The van der Waals surface area contributed by atoms with E-state index in [0.29, 0.717) is 25.9 Å². The second-order valence-corrected chi connectivity index (χ2v) is 9.09. The number of nitrogens with one attached hydrogen (secondary N) is 2. The van der Waals surface area contributed by atoms with Gasteiger partial charge in [0.05, 0.1) is 18.1 Å². The molecule has 0 spiro atoms. The smallest absolute Gasteiger partial charge is 0.407 e. The standard InChI is InChI=1S/C25H34N2O7.C2H6/c1-15-11-18(32-3)9-10-20(28)16(2)24(30)33-14-21-22(27-25(31)34-21)19(23(15)29)13-26-12-17-7-5-4-6-8-17;1-2/h4-8,15-16,18-19,21-22,26H,9-14H2,1-3H3,(H,27,31);1-2H3/t15-,16?,18?,19?,21?,22?;/m1./s1. The van der Waals surface area contributed by atoms with E-state index < -0.39 is 36.0 Å². The summed E-state index contributed by atoms with van der Waals surface area (Å²) in [6.07, 6.45) is -0.809. The Morgan fingerprint density at radius 1 is 1.08 bits per heavy atom. The van der Waals surface area contributed by atoms with Crippen molar-refractivity contribution < 1.29 is 33.4 Å². The Kier molecular flexibility index (Phi) is 12.0. The normalized spacial score (nSPS) is 29.6. The zero-order valence-corrected chi connectivity index (χ0v) is 22.0. The van der Waals surface area contributed by atoms with E-state index in [-0.39, 0.29) is 36.6 Å². The summed E-state index contributed by atoms with van der Waals surface area (Å²) < 4.78 is 16.2. The van der Waals surface area contributed by atoms with Crippen molar-refractivity contribution in [3.05, 3.63) is 35.9 Å². The monoisotopic (exact) mass is 504 g/mol. The molecule has 0 aliphatic carbocycles. The topological polar surface area (TPSA) is 120 Å². The third kappa shape index (κ3) is 8.13. The second kappa shape index (κ2) is 14.7. The van der Waals surface area contributed by atoms with Gasteiger partial charge in [0.25, 0.3) is 0 Å². The van der Waals surface area contributed by atoms with Gasteiger partial charge in [-0.1, -0.05) is 51.1 Å². The minimum absolute atomic E-state index is 0.0495. The summed E-state index contributed by atoms with van der Waals surface area (Å²) in [6.45, 7) is 7.99. The van der Waals surface area contributed by atoms with Gasteiger partial charge in [0.15, 0.2) is 6.10 Å². The summed E-state index contributed by atoms with van der Waals surface area (Å²) in [5.74, 6) is -2.86. The van der Waals surface area contributed by atoms with Crippen molar-refractivity contribution in [2.75, 3.05) is 20.3 Å². The molecule has 200 valence electrons. The van der Waals surface area contributed by atoms with Crippen molar-refractivity contribution in [1.82, 2.24) is 10.6 Å². The van der Waals surface area contributed by atoms with E-state index in [1.54, 1.807) is 7.11 Å². The first-order valence-corrected chi connectivity index (χ1v) is 12.8. The van der Waals surface area contributed by atoms with Crippen LogP contribution in [0.4, 0.5) is 4.79 Å². The average molecular weight is 505 g/mol. The molecule has 9 heteroatoms. The number of hydrogen-bond acceptors (Lipinski definition) is 8. The van der Waals surface area contributed by atoms with Gasteiger partial charge in [-0.15, -0.1) is 0 Å². The molecule has 1 aromatic carbocycles. The summed E-state index contributed by atoms with van der Waals surface area (Å²) in [5, 5.41) is 6.05. The largest absolute Gasteiger partial charge is 0.461 e. The van der Waals surface area contributed by atoms with Gasteiger partial charge in [0.2, 0.25) is 0 Å². The number of benzene rings is 1. The maximum Gasteiger partial charge on any atom is 0.407 e. The molecule has 2 heterocycles. The van der Waals surface area contributed by atoms with Crippen LogP contribution in [0.1, 0.15) is 52.5 Å². The number of carbonyl (C=O) groups excluding carboxylic acids is 4. The minimum Gasteiger partial charge on any atom is -0.461 e. The van der Waals surface area contributed by atoms with Crippen molar-refractivity contribution in [3.63, 3.8) is 0 Å². The number of methoxy groups -OCH3 is 1. The Bertz CT molecular complexity index is 876. The lowest BCUT2D eigenvalue weighted by molar-refractivity contribution is -0.154. The van der Waals surface area contributed by atoms with Gasteiger partial charge in [-0.2, -0.15) is 0 Å². The van der Waals surface area contributed by atoms with E-state index in [9.17, 15) is 19.2 Å². The molecule has 5 unspecified atom stereocenters. The van der Waals surface area contributed by atoms with E-state index in [1.165, 1.54) is 6.92 Å². The Balaban J connectivity index is 0.00000222. The first-order valence-electron chi connectivity index (χ1n) is 12.8. The highest BCUT2D eigenvalue weighted by molar-refractivity contribution is 5.98. The van der Waals surface area contributed by atoms with E-state index >= 15 is 0 Å². The van der Waals surface area contributed by atoms with Crippen LogP contribution in [-0.2, 0) is 35.1 Å². The van der Waals surface area contributed by atoms with Crippen molar-refractivity contribution in [2.45, 2.75) is 71.8 Å². The maximum atomic E-state index is 13.6. The molecule has 0 radical (unpaired) electrons. The highest BCUT2D eigenvalue weighted by Crippen LogP contribution is 2.25. The highest BCUT2D eigenvalue weighted by Gasteiger charge is 2.44. The number of cyclic esters (lactones) is 1. The van der Waals surface area contributed by atoms with Crippen LogP contribution in [0.2, 0.25) is 0 Å². The molecule has 0 aromatic heterocycles. The molecule has 9 nitrogen and oxygen atoms in total. The third-order valence-electron chi connectivity index (χ3n) is 6.65. The Labute approximate surface area is 213 Å². The summed E-state index contributed by atoms with van der Waals surface area (Å²) in [4.78, 5) is 50.5. The number of hydrogen-bond donors (Lipinski definition) is 2. The number of alkyl carbamates (subject to hydrolysis) is 1. The summed E-state index contributed by atoms with van der Waals surface area (Å²) in [6, 6.07) is 9.12. The molecule has 36 heavy (non-hydrogen) atoms. The Morgan fingerprint density at radius 3 is 2.44 bits per heavy atom. The number of carbonyl (C=O) groups is 4. The molecular formula is C27H40N2O7. The molecule has 2 N–H and O–H groups in total. The number of rotatable bonds is 5. The molecule has 2 saturated heterocycles. The second-order valence-electron chi connectivity index (χ2n) is 9.09. The van der Waals surface area contributed by atoms with Crippen molar-refractivity contribution >= 4 is 23.6 Å². The number of Topliss-reactive ketones (excluding diaryl/α,β-unsaturated/α-hetero) is 2. The zero-order chi connectivity index (χ0) is 26.7. The van der Waals surface area contributed by atoms with E-state index in [0.717, 1.165) is 5.56 Å². The lowest BCUT2D eigenvalue weighted by atomic mass is 9.82. The predicted octanol–water partition coefficient (Wildman–Crippen LogP) is 3.05. The number of esters is 1. The van der Waals surface area contributed by atoms with E-state index in [1.807, 2.05) is 51.1 Å². The molecule has 1 amide bonds. The lowest BCUT2D eigenvalue weighted by Crippen LogP contribution is -2.50. The lowest BCUT2D eigenvalue weighted by Gasteiger charge is -2.29. The molecule has 0 saturated carbocycles. The van der Waals surface area contributed by atoms with Crippen LogP contribution < -0.4 is 10.6 Å². The van der Waals surface area contributed by atoms with Gasteiger partial charge < -0.3 is 24.8 Å². The van der Waals surface area contributed by atoms with Crippen LogP contribution in [0.15, 0.2) is 30.3 Å². The number of fused-ring (bicyclic) bond motifs is 1. The fraction of sp³-hybridized carbons (Fsp3) is 0.630. The Morgan fingerprint density at radius 2 is 1.78 bits per heavy atom. The SMILES string of the molecule is CC.COC1CCC(=O)C(C)C(=O)OCC2OC(=O)NC2C(CNCc2ccccc2)C(=O)[C@H](C)C1. The third-order valence-corrected chi connectivity index (χ3v) is 6.65. The molecule has 2 aliphatic heterocycles. The van der Waals surface area contributed by atoms with Crippen LogP contribution in [-0.4, -0.2) is 62.1 Å². The molecule has 3 rings (SSSR count). The number of ether oxygens (including phenoxy) is 3. The molecular weight excluding hydrogens is 464 g/mol. The van der Waals surface area contributed by atoms with E-state index in [2.05, 4.69) is 10.6 Å². The van der Waals surface area contributed by atoms with Gasteiger partial charge in [0.1, 0.15) is 24.1 Å².